The molecule has 4 nitrogen and oxygen atoms in total. The summed E-state index contributed by atoms with van der Waals surface area (Å²) in [5, 5.41) is 3.34. The van der Waals surface area contributed by atoms with Crippen LogP contribution in [0.1, 0.15) is 44.7 Å². The number of nitrogens with one attached hydrogen (secondary N) is 1. The van der Waals surface area contributed by atoms with Crippen molar-refractivity contribution in [2.24, 2.45) is 0 Å². The van der Waals surface area contributed by atoms with E-state index in [1.807, 2.05) is 17.2 Å². The summed E-state index contributed by atoms with van der Waals surface area (Å²) in [6.07, 6.45) is 6.03. The third kappa shape index (κ3) is 2.81. The molecule has 0 aromatic carbocycles. The van der Waals surface area contributed by atoms with Crippen LogP contribution in [0, 0.1) is 0 Å². The van der Waals surface area contributed by atoms with Crippen molar-refractivity contribution in [2.75, 3.05) is 11.9 Å². The van der Waals surface area contributed by atoms with Crippen molar-refractivity contribution in [2.45, 2.75) is 45.2 Å². The second-order valence-corrected chi connectivity index (χ2v) is 4.93. The molecule has 1 amide bonds. The molecule has 4 heteroatoms. The highest BCUT2D eigenvalue weighted by Crippen LogP contribution is 2.30. The zero-order valence-electron chi connectivity index (χ0n) is 11.1. The van der Waals surface area contributed by atoms with Gasteiger partial charge in [-0.25, -0.2) is 4.98 Å². The van der Waals surface area contributed by atoms with E-state index in [-0.39, 0.29) is 6.04 Å². The van der Waals surface area contributed by atoms with Crippen LogP contribution in [0.25, 0.3) is 0 Å². The number of likely N-dealkylation sites (tertiary alicyclic amines) is 1. The van der Waals surface area contributed by atoms with Gasteiger partial charge >= 0.3 is 0 Å². The molecule has 1 aliphatic rings. The third-order valence-corrected chi connectivity index (χ3v) is 3.61. The van der Waals surface area contributed by atoms with Gasteiger partial charge < -0.3 is 10.2 Å². The lowest BCUT2D eigenvalue weighted by atomic mass is 10.1. The lowest BCUT2D eigenvalue weighted by molar-refractivity contribution is -0.118. The van der Waals surface area contributed by atoms with Crippen molar-refractivity contribution in [3.63, 3.8) is 0 Å². The maximum atomic E-state index is 10.9. The number of carbonyl (C=O) groups excluding carboxylic acids is 1. The zero-order chi connectivity index (χ0) is 13.0. The Morgan fingerprint density at radius 1 is 1.61 bits per heavy atom. The molecule has 0 aliphatic carbocycles. The molecule has 0 bridgehead atoms. The van der Waals surface area contributed by atoms with Gasteiger partial charge in [0.15, 0.2) is 0 Å². The lowest BCUT2D eigenvalue weighted by Crippen LogP contribution is -2.21. The summed E-state index contributed by atoms with van der Waals surface area (Å²) in [4.78, 5) is 17.2. The van der Waals surface area contributed by atoms with Gasteiger partial charge in [0.05, 0.1) is 6.04 Å². The normalized spacial score (nSPS) is 20.8. The molecular weight excluding hydrogens is 226 g/mol. The second-order valence-electron chi connectivity index (χ2n) is 4.93. The number of rotatable bonds is 5. The van der Waals surface area contributed by atoms with E-state index in [1.54, 1.807) is 0 Å². The molecule has 98 valence electrons. The van der Waals surface area contributed by atoms with E-state index in [0.29, 0.717) is 6.04 Å². The van der Waals surface area contributed by atoms with Gasteiger partial charge in [-0.3, -0.25) is 4.79 Å². The zero-order valence-corrected chi connectivity index (χ0v) is 11.1. The van der Waals surface area contributed by atoms with E-state index >= 15 is 0 Å². The number of anilines is 1. The predicted molar refractivity (Wildman–Crippen MR) is 72.4 cm³/mol. The molecule has 0 unspecified atom stereocenters. The van der Waals surface area contributed by atoms with Gasteiger partial charge in [-0.2, -0.15) is 0 Å². The van der Waals surface area contributed by atoms with Crippen molar-refractivity contribution in [3.8, 4) is 0 Å². The van der Waals surface area contributed by atoms with Crippen LogP contribution in [0.5, 0.6) is 0 Å². The van der Waals surface area contributed by atoms with E-state index in [2.05, 4.69) is 30.2 Å². The predicted octanol–water partition coefficient (Wildman–Crippen LogP) is 2.59. The Morgan fingerprint density at radius 2 is 2.44 bits per heavy atom. The molecule has 1 saturated heterocycles. The molecule has 1 aromatic heterocycles. The Hall–Kier alpha value is -1.58. The molecule has 2 heterocycles. The highest BCUT2D eigenvalue weighted by molar-refractivity contribution is 5.50. The fourth-order valence-electron chi connectivity index (χ4n) is 2.32. The number of hydrogen-bond acceptors (Lipinski definition) is 3. The third-order valence-electron chi connectivity index (χ3n) is 3.61. The Labute approximate surface area is 108 Å². The van der Waals surface area contributed by atoms with Gasteiger partial charge in [0.25, 0.3) is 0 Å². The van der Waals surface area contributed by atoms with Crippen molar-refractivity contribution < 1.29 is 4.79 Å². The van der Waals surface area contributed by atoms with E-state index < -0.39 is 0 Å². The van der Waals surface area contributed by atoms with Gasteiger partial charge in [-0.1, -0.05) is 13.0 Å². The summed E-state index contributed by atoms with van der Waals surface area (Å²) in [7, 11) is 0. The minimum Gasteiger partial charge on any atom is -0.368 e. The van der Waals surface area contributed by atoms with Crippen molar-refractivity contribution in [3.05, 3.63) is 23.9 Å². The number of carbonyl (C=O) groups is 1. The van der Waals surface area contributed by atoms with Crippen LogP contribution in [-0.4, -0.2) is 28.9 Å². The average Bonchev–Trinajstić information content (AvgIpc) is 2.87. The van der Waals surface area contributed by atoms with Gasteiger partial charge in [-0.15, -0.1) is 0 Å². The van der Waals surface area contributed by atoms with Crippen LogP contribution in [0.4, 0.5) is 5.82 Å². The van der Waals surface area contributed by atoms with E-state index in [1.165, 1.54) is 0 Å². The molecule has 1 fully saturated rings. The van der Waals surface area contributed by atoms with Crippen LogP contribution in [0.3, 0.4) is 0 Å². The summed E-state index contributed by atoms with van der Waals surface area (Å²) in [6.45, 7) is 5.15. The fraction of sp³-hybridized carbons (Fsp3) is 0.571. The highest BCUT2D eigenvalue weighted by Gasteiger charge is 2.24. The quantitative estimate of drug-likeness (QED) is 0.813. The molecule has 0 radical (unpaired) electrons. The average molecular weight is 247 g/mol. The van der Waals surface area contributed by atoms with E-state index in [4.69, 9.17) is 0 Å². The summed E-state index contributed by atoms with van der Waals surface area (Å²) in [5.74, 6) is 0.906. The van der Waals surface area contributed by atoms with Gasteiger partial charge in [-0.05, 0) is 37.8 Å². The van der Waals surface area contributed by atoms with Crippen LogP contribution < -0.4 is 5.32 Å². The van der Waals surface area contributed by atoms with E-state index in [9.17, 15) is 4.79 Å². The first-order valence-electron chi connectivity index (χ1n) is 6.68. The first-order chi connectivity index (χ1) is 8.74. The number of amides is 1. The van der Waals surface area contributed by atoms with Gasteiger partial charge in [0.1, 0.15) is 5.82 Å². The highest BCUT2D eigenvalue weighted by atomic mass is 16.1. The molecule has 1 aromatic rings. The van der Waals surface area contributed by atoms with E-state index in [0.717, 1.165) is 43.6 Å². The molecule has 2 rings (SSSR count). The monoisotopic (exact) mass is 247 g/mol. The number of pyridine rings is 1. The van der Waals surface area contributed by atoms with Crippen molar-refractivity contribution in [1.29, 1.82) is 0 Å². The first-order valence-corrected chi connectivity index (χ1v) is 6.68. The van der Waals surface area contributed by atoms with Crippen LogP contribution in [0.2, 0.25) is 0 Å². The largest absolute Gasteiger partial charge is 0.368 e. The number of aromatic nitrogens is 1. The van der Waals surface area contributed by atoms with Crippen LogP contribution in [0.15, 0.2) is 18.3 Å². The summed E-state index contributed by atoms with van der Waals surface area (Å²) in [6, 6.07) is 4.72. The maximum Gasteiger partial charge on any atom is 0.210 e. The molecular formula is C14H21N3O. The summed E-state index contributed by atoms with van der Waals surface area (Å²) in [5.41, 5.74) is 1.13. The van der Waals surface area contributed by atoms with Crippen molar-refractivity contribution in [1.82, 2.24) is 9.88 Å². The molecule has 2 atom stereocenters. The second kappa shape index (κ2) is 5.85. The fourth-order valence-corrected chi connectivity index (χ4v) is 2.32. The molecule has 1 aliphatic heterocycles. The SMILES string of the molecule is CC[C@@H](C)Nc1ccc([C@@H]2CCCN2C=O)cn1. The van der Waals surface area contributed by atoms with Crippen LogP contribution >= 0.6 is 0 Å². The molecule has 0 saturated carbocycles. The summed E-state index contributed by atoms with van der Waals surface area (Å²) >= 11 is 0. The Kier molecular flexibility index (Phi) is 4.18. The van der Waals surface area contributed by atoms with Gasteiger partial charge in [0, 0.05) is 18.8 Å². The van der Waals surface area contributed by atoms with Crippen LogP contribution in [-0.2, 0) is 4.79 Å². The minimum atomic E-state index is 0.215. The lowest BCUT2D eigenvalue weighted by Gasteiger charge is -2.20. The Bertz CT molecular complexity index is 391. The number of nitrogens with zero attached hydrogens (tertiary/aromatic N) is 2. The smallest absolute Gasteiger partial charge is 0.210 e. The Balaban J connectivity index is 2.05. The Morgan fingerprint density at radius 3 is 3.06 bits per heavy atom. The topological polar surface area (TPSA) is 45.2 Å². The maximum absolute atomic E-state index is 10.9. The molecule has 0 spiro atoms. The minimum absolute atomic E-state index is 0.215. The summed E-state index contributed by atoms with van der Waals surface area (Å²) < 4.78 is 0. The molecule has 1 N–H and O–H groups in total. The van der Waals surface area contributed by atoms with Crippen molar-refractivity contribution >= 4 is 12.2 Å². The van der Waals surface area contributed by atoms with Gasteiger partial charge in [0.2, 0.25) is 6.41 Å². The first kappa shape index (κ1) is 12.9. The standard InChI is InChI=1S/C14H21N3O/c1-3-11(2)16-14-7-6-12(9-15-14)13-5-4-8-17(13)10-18/h6-7,9-11,13H,3-5,8H2,1-2H3,(H,15,16)/t11-,13+/m1/s1. The molecule has 18 heavy (non-hydrogen) atoms. The number of hydrogen-bond donors (Lipinski definition) is 1.